The van der Waals surface area contributed by atoms with Crippen molar-refractivity contribution >= 4 is 28.8 Å². The lowest BCUT2D eigenvalue weighted by Gasteiger charge is -2.09. The Hall–Kier alpha value is -1.67. The van der Waals surface area contributed by atoms with E-state index in [9.17, 15) is 18.0 Å². The van der Waals surface area contributed by atoms with Gasteiger partial charge in [-0.3, -0.25) is 4.79 Å². The van der Waals surface area contributed by atoms with Gasteiger partial charge in [0.25, 0.3) is 0 Å². The molecular formula is C12H13F3N2O2S. The fourth-order valence-corrected chi connectivity index (χ4v) is 1.45. The van der Waals surface area contributed by atoms with Gasteiger partial charge in [-0.2, -0.15) is 13.2 Å². The monoisotopic (exact) mass is 306 g/mol. The number of halogens is 3. The second kappa shape index (κ2) is 7.20. The summed E-state index contributed by atoms with van der Waals surface area (Å²) in [4.78, 5) is 11.7. The molecule has 0 aliphatic rings. The lowest BCUT2D eigenvalue weighted by molar-refractivity contribution is -0.174. The summed E-state index contributed by atoms with van der Waals surface area (Å²) in [6, 6.07) is 6.54. The number of rotatable bonds is 6. The minimum Gasteiger partial charge on any atom is -0.389 e. The van der Waals surface area contributed by atoms with Gasteiger partial charge in [-0.15, -0.1) is 0 Å². The minimum absolute atomic E-state index is 0.173. The minimum atomic E-state index is -4.39. The van der Waals surface area contributed by atoms with Crippen molar-refractivity contribution in [2.45, 2.75) is 12.6 Å². The zero-order valence-corrected chi connectivity index (χ0v) is 11.2. The first-order valence-electron chi connectivity index (χ1n) is 5.62. The number of amides is 1. The Morgan fingerprint density at radius 1 is 1.40 bits per heavy atom. The molecule has 0 spiro atoms. The quantitative estimate of drug-likeness (QED) is 0.625. The first-order valence-corrected chi connectivity index (χ1v) is 6.03. The third kappa shape index (κ3) is 6.48. The zero-order valence-electron chi connectivity index (χ0n) is 10.4. The Kier molecular flexibility index (Phi) is 5.90. The van der Waals surface area contributed by atoms with Gasteiger partial charge in [-0.25, -0.2) is 0 Å². The molecule has 4 nitrogen and oxygen atoms in total. The number of nitrogens with two attached hydrogens (primary N) is 1. The lowest BCUT2D eigenvalue weighted by Crippen LogP contribution is -2.20. The molecule has 3 N–H and O–H groups in total. The average Bonchev–Trinajstić information content (AvgIpc) is 2.34. The van der Waals surface area contributed by atoms with Gasteiger partial charge in [-0.05, 0) is 12.1 Å². The summed E-state index contributed by atoms with van der Waals surface area (Å²) in [5, 5.41) is 2.52. The second-order valence-corrected chi connectivity index (χ2v) is 4.35. The number of thiocarbonyl (C=S) groups is 1. The number of anilines is 1. The highest BCUT2D eigenvalue weighted by Gasteiger charge is 2.27. The van der Waals surface area contributed by atoms with Crippen molar-refractivity contribution in [3.8, 4) is 0 Å². The van der Waals surface area contributed by atoms with Gasteiger partial charge >= 0.3 is 6.18 Å². The molecule has 1 aromatic carbocycles. The molecule has 1 amide bonds. The molecule has 0 aliphatic carbocycles. The van der Waals surface area contributed by atoms with Crippen LogP contribution in [0.1, 0.15) is 12.0 Å². The second-order valence-electron chi connectivity index (χ2n) is 3.91. The summed E-state index contributed by atoms with van der Waals surface area (Å²) in [6.45, 7) is -1.67. The molecule has 110 valence electrons. The summed E-state index contributed by atoms with van der Waals surface area (Å²) in [7, 11) is 0. The third-order valence-corrected chi connectivity index (χ3v) is 2.41. The van der Waals surface area contributed by atoms with Crippen molar-refractivity contribution in [1.82, 2.24) is 0 Å². The van der Waals surface area contributed by atoms with Crippen LogP contribution in [-0.2, 0) is 9.53 Å². The molecule has 0 bridgehead atoms. The maximum atomic E-state index is 11.8. The molecule has 1 aromatic rings. The number of hydrogen-bond donors (Lipinski definition) is 2. The van der Waals surface area contributed by atoms with Crippen LogP contribution in [0.5, 0.6) is 0 Å². The van der Waals surface area contributed by atoms with Gasteiger partial charge in [0.2, 0.25) is 5.91 Å². The van der Waals surface area contributed by atoms with Crippen LogP contribution in [0.3, 0.4) is 0 Å². The van der Waals surface area contributed by atoms with Crippen LogP contribution in [0, 0.1) is 0 Å². The Bertz CT molecular complexity index is 492. The van der Waals surface area contributed by atoms with Crippen molar-refractivity contribution in [2.75, 3.05) is 18.5 Å². The number of carbonyl (C=O) groups excluding carboxylic acids is 1. The topological polar surface area (TPSA) is 64.3 Å². The number of alkyl halides is 3. The molecule has 8 heteroatoms. The molecule has 20 heavy (non-hydrogen) atoms. The summed E-state index contributed by atoms with van der Waals surface area (Å²) in [5.41, 5.74) is 6.50. The van der Waals surface area contributed by atoms with Gasteiger partial charge in [-0.1, -0.05) is 24.4 Å². The number of nitrogens with one attached hydrogen (secondary N) is 1. The zero-order chi connectivity index (χ0) is 15.2. The maximum absolute atomic E-state index is 11.8. The van der Waals surface area contributed by atoms with Gasteiger partial charge in [0, 0.05) is 11.3 Å². The summed E-state index contributed by atoms with van der Waals surface area (Å²) in [6.07, 6.45) is -4.56. The van der Waals surface area contributed by atoms with Crippen LogP contribution < -0.4 is 11.1 Å². The highest BCUT2D eigenvalue weighted by molar-refractivity contribution is 7.80. The average molecular weight is 306 g/mol. The van der Waals surface area contributed by atoms with Crippen LogP contribution >= 0.6 is 12.2 Å². The molecular weight excluding hydrogens is 293 g/mol. The Balaban J connectivity index is 2.39. The predicted molar refractivity (Wildman–Crippen MR) is 72.5 cm³/mol. The van der Waals surface area contributed by atoms with Crippen molar-refractivity contribution in [1.29, 1.82) is 0 Å². The highest BCUT2D eigenvalue weighted by Crippen LogP contribution is 2.14. The van der Waals surface area contributed by atoms with Crippen LogP contribution in [0.4, 0.5) is 18.9 Å². The van der Waals surface area contributed by atoms with E-state index in [1.165, 1.54) is 0 Å². The van der Waals surface area contributed by atoms with Gasteiger partial charge in [0.1, 0.15) is 11.6 Å². The van der Waals surface area contributed by atoms with E-state index in [4.69, 9.17) is 18.0 Å². The summed E-state index contributed by atoms with van der Waals surface area (Å²) < 4.78 is 39.7. The van der Waals surface area contributed by atoms with Crippen LogP contribution in [0.15, 0.2) is 24.3 Å². The van der Waals surface area contributed by atoms with Gasteiger partial charge < -0.3 is 15.8 Å². The summed E-state index contributed by atoms with van der Waals surface area (Å²) >= 11 is 4.79. The van der Waals surface area contributed by atoms with Gasteiger partial charge in [0.05, 0.1) is 13.0 Å². The number of carbonyl (C=O) groups is 1. The molecule has 0 saturated carbocycles. The molecule has 0 unspecified atom stereocenters. The summed E-state index contributed by atoms with van der Waals surface area (Å²) in [5.74, 6) is -0.452. The van der Waals surface area contributed by atoms with Crippen LogP contribution in [0.25, 0.3) is 0 Å². The largest absolute Gasteiger partial charge is 0.411 e. The normalized spacial score (nSPS) is 11.2. The van der Waals surface area contributed by atoms with Crippen LogP contribution in [-0.4, -0.2) is 30.3 Å². The van der Waals surface area contributed by atoms with Gasteiger partial charge in [0.15, 0.2) is 0 Å². The highest BCUT2D eigenvalue weighted by atomic mass is 32.1. The molecule has 0 saturated heterocycles. The standard InChI is InChI=1S/C12H13F3N2O2S/c13-12(14,15)7-19-5-4-10(18)17-9-3-1-2-8(6-9)11(16)20/h1-3,6H,4-5,7H2,(H2,16,20)(H,17,18). The lowest BCUT2D eigenvalue weighted by atomic mass is 10.2. The molecule has 0 radical (unpaired) electrons. The van der Waals surface area contributed by atoms with E-state index in [-0.39, 0.29) is 18.0 Å². The van der Waals surface area contributed by atoms with E-state index >= 15 is 0 Å². The SMILES string of the molecule is NC(=S)c1cccc(NC(=O)CCOCC(F)(F)F)c1. The fourth-order valence-electron chi connectivity index (χ4n) is 1.33. The first-order chi connectivity index (χ1) is 9.28. The van der Waals surface area contributed by atoms with E-state index in [0.717, 1.165) is 0 Å². The third-order valence-electron chi connectivity index (χ3n) is 2.17. The molecule has 0 fully saturated rings. The number of benzene rings is 1. The van der Waals surface area contributed by atoms with Crippen molar-refractivity contribution < 1.29 is 22.7 Å². The Morgan fingerprint density at radius 3 is 2.70 bits per heavy atom. The molecule has 1 rings (SSSR count). The van der Waals surface area contributed by atoms with E-state index in [1.54, 1.807) is 24.3 Å². The smallest absolute Gasteiger partial charge is 0.389 e. The van der Waals surface area contributed by atoms with Crippen molar-refractivity contribution in [3.05, 3.63) is 29.8 Å². The van der Waals surface area contributed by atoms with E-state index in [2.05, 4.69) is 10.1 Å². The molecule has 0 atom stereocenters. The first kappa shape index (κ1) is 16.4. The Morgan fingerprint density at radius 2 is 2.10 bits per heavy atom. The number of ether oxygens (including phenoxy) is 1. The Labute approximate surface area is 119 Å². The molecule has 0 aliphatic heterocycles. The van der Waals surface area contributed by atoms with Crippen LogP contribution in [0.2, 0.25) is 0 Å². The van der Waals surface area contributed by atoms with Crippen molar-refractivity contribution in [3.63, 3.8) is 0 Å². The van der Waals surface area contributed by atoms with Crippen molar-refractivity contribution in [2.24, 2.45) is 5.73 Å². The molecule has 0 heterocycles. The number of hydrogen-bond acceptors (Lipinski definition) is 3. The maximum Gasteiger partial charge on any atom is 0.411 e. The van der Waals surface area contributed by atoms with E-state index in [0.29, 0.717) is 11.3 Å². The molecule has 0 aromatic heterocycles. The fraction of sp³-hybridized carbons (Fsp3) is 0.333. The predicted octanol–water partition coefficient (Wildman–Crippen LogP) is 2.23. The van der Waals surface area contributed by atoms with E-state index in [1.807, 2.05) is 0 Å². The van der Waals surface area contributed by atoms with E-state index < -0.39 is 18.7 Å².